The number of sulfonamides is 1. The van der Waals surface area contributed by atoms with Gasteiger partial charge in [-0.3, -0.25) is 14.9 Å². The number of nitro groups is 1. The SMILES string of the molecule is O=C(Nc1nc(-c2cccc([N+](=O)[O-])c2)cs1)C1CCCN1S(=O)(=O)c1cccs1. The first kappa shape index (κ1) is 20.6. The number of nitrogens with zero attached hydrogens (tertiary/aromatic N) is 3. The van der Waals surface area contributed by atoms with Crippen molar-refractivity contribution in [1.29, 1.82) is 0 Å². The number of benzene rings is 1. The smallest absolute Gasteiger partial charge is 0.270 e. The minimum Gasteiger partial charge on any atom is -0.301 e. The van der Waals surface area contributed by atoms with Crippen molar-refractivity contribution in [3.05, 3.63) is 57.3 Å². The lowest BCUT2D eigenvalue weighted by Crippen LogP contribution is -2.42. The molecule has 1 aliphatic rings. The summed E-state index contributed by atoms with van der Waals surface area (Å²) in [5, 5.41) is 17.3. The molecule has 0 saturated carbocycles. The van der Waals surface area contributed by atoms with Gasteiger partial charge in [-0.05, 0) is 24.3 Å². The van der Waals surface area contributed by atoms with E-state index in [0.717, 1.165) is 11.3 Å². The molecule has 12 heteroatoms. The van der Waals surface area contributed by atoms with E-state index in [4.69, 9.17) is 0 Å². The predicted molar refractivity (Wildman–Crippen MR) is 114 cm³/mol. The lowest BCUT2D eigenvalue weighted by Gasteiger charge is -2.22. The van der Waals surface area contributed by atoms with Gasteiger partial charge in [0.2, 0.25) is 5.91 Å². The van der Waals surface area contributed by atoms with E-state index in [1.165, 1.54) is 33.8 Å². The Morgan fingerprint density at radius 1 is 1.27 bits per heavy atom. The molecule has 1 aliphatic heterocycles. The topological polar surface area (TPSA) is 123 Å². The molecule has 1 fully saturated rings. The van der Waals surface area contributed by atoms with Crippen LogP contribution in [0.25, 0.3) is 11.3 Å². The molecular weight excluding hydrogens is 448 g/mol. The van der Waals surface area contributed by atoms with Gasteiger partial charge in [0.15, 0.2) is 5.13 Å². The normalized spacial score (nSPS) is 17.1. The van der Waals surface area contributed by atoms with Gasteiger partial charge < -0.3 is 5.32 Å². The molecule has 0 radical (unpaired) electrons. The summed E-state index contributed by atoms with van der Waals surface area (Å²) in [4.78, 5) is 27.6. The molecule has 4 rings (SSSR count). The Bertz CT molecular complexity index is 1190. The van der Waals surface area contributed by atoms with Crippen molar-refractivity contribution in [2.45, 2.75) is 23.1 Å². The molecule has 1 atom stereocenters. The molecule has 0 spiro atoms. The van der Waals surface area contributed by atoms with E-state index >= 15 is 0 Å². The number of hydrogen-bond acceptors (Lipinski definition) is 8. The maximum Gasteiger partial charge on any atom is 0.270 e. The second-order valence-electron chi connectivity index (χ2n) is 6.54. The zero-order valence-corrected chi connectivity index (χ0v) is 17.9. The van der Waals surface area contributed by atoms with Gasteiger partial charge in [-0.15, -0.1) is 22.7 Å². The third kappa shape index (κ3) is 3.99. The standard InChI is InChI=1S/C18H16N4O5S3/c23-17(15-6-2-8-21(15)30(26,27)16-7-3-9-28-16)20-18-19-14(11-29-18)12-4-1-5-13(10-12)22(24)25/h1,3-5,7,9-11,15H,2,6,8H2,(H,19,20,23). The van der Waals surface area contributed by atoms with E-state index in [1.54, 1.807) is 29.0 Å². The summed E-state index contributed by atoms with van der Waals surface area (Å²) in [7, 11) is -3.72. The number of thiazole rings is 1. The summed E-state index contributed by atoms with van der Waals surface area (Å²) >= 11 is 2.29. The van der Waals surface area contributed by atoms with E-state index in [0.29, 0.717) is 29.2 Å². The number of anilines is 1. The number of hydrogen-bond donors (Lipinski definition) is 1. The Balaban J connectivity index is 1.51. The van der Waals surface area contributed by atoms with Gasteiger partial charge in [-0.2, -0.15) is 4.31 Å². The minimum atomic E-state index is -3.72. The largest absolute Gasteiger partial charge is 0.301 e. The highest BCUT2D eigenvalue weighted by Gasteiger charge is 2.40. The summed E-state index contributed by atoms with van der Waals surface area (Å²) in [6.45, 7) is 0.287. The van der Waals surface area contributed by atoms with Crippen LogP contribution in [0.15, 0.2) is 51.4 Å². The van der Waals surface area contributed by atoms with E-state index in [9.17, 15) is 23.3 Å². The molecule has 0 bridgehead atoms. The van der Waals surface area contributed by atoms with Crippen LogP contribution in [0.3, 0.4) is 0 Å². The zero-order valence-electron chi connectivity index (χ0n) is 15.4. The summed E-state index contributed by atoms with van der Waals surface area (Å²) in [6.07, 6.45) is 1.03. The summed E-state index contributed by atoms with van der Waals surface area (Å²) in [5.74, 6) is -0.437. The Morgan fingerprint density at radius 2 is 2.10 bits per heavy atom. The van der Waals surface area contributed by atoms with Crippen LogP contribution in [0.2, 0.25) is 0 Å². The maximum absolute atomic E-state index is 12.8. The fourth-order valence-corrected chi connectivity index (χ4v) is 6.75. The molecule has 1 amide bonds. The average molecular weight is 465 g/mol. The van der Waals surface area contributed by atoms with Crippen LogP contribution >= 0.6 is 22.7 Å². The first-order valence-electron chi connectivity index (χ1n) is 8.93. The van der Waals surface area contributed by atoms with E-state index in [-0.39, 0.29) is 16.4 Å². The number of aromatic nitrogens is 1. The van der Waals surface area contributed by atoms with Gasteiger partial charge in [0.1, 0.15) is 10.3 Å². The van der Waals surface area contributed by atoms with Crippen molar-refractivity contribution in [3.8, 4) is 11.3 Å². The number of carbonyl (C=O) groups excluding carboxylic acids is 1. The van der Waals surface area contributed by atoms with Crippen LogP contribution in [0.4, 0.5) is 10.8 Å². The van der Waals surface area contributed by atoms with Crippen molar-refractivity contribution in [3.63, 3.8) is 0 Å². The Morgan fingerprint density at radius 3 is 2.83 bits per heavy atom. The molecule has 9 nitrogen and oxygen atoms in total. The molecule has 1 N–H and O–H groups in total. The van der Waals surface area contributed by atoms with Gasteiger partial charge in [0.05, 0.1) is 10.6 Å². The number of thiophene rings is 1. The maximum atomic E-state index is 12.8. The lowest BCUT2D eigenvalue weighted by molar-refractivity contribution is -0.384. The van der Waals surface area contributed by atoms with Crippen LogP contribution in [0.1, 0.15) is 12.8 Å². The van der Waals surface area contributed by atoms with Gasteiger partial charge in [-0.1, -0.05) is 18.2 Å². The summed E-state index contributed by atoms with van der Waals surface area (Å²) in [5.41, 5.74) is 1.00. The Kier molecular flexibility index (Phi) is 5.64. The van der Waals surface area contributed by atoms with Crippen LogP contribution in [-0.2, 0) is 14.8 Å². The van der Waals surface area contributed by atoms with Crippen LogP contribution < -0.4 is 5.32 Å². The third-order valence-corrected chi connectivity index (χ3v) is 8.69. The van der Waals surface area contributed by atoms with E-state index < -0.39 is 26.9 Å². The Labute approximate surface area is 180 Å². The monoisotopic (exact) mass is 464 g/mol. The highest BCUT2D eigenvalue weighted by atomic mass is 32.2. The summed E-state index contributed by atoms with van der Waals surface area (Å²) in [6, 6.07) is 8.44. The van der Waals surface area contributed by atoms with Crippen LogP contribution in [0.5, 0.6) is 0 Å². The number of non-ortho nitro benzene ring substituents is 1. The van der Waals surface area contributed by atoms with Crippen molar-refractivity contribution >= 4 is 49.4 Å². The molecule has 1 unspecified atom stereocenters. The number of amides is 1. The van der Waals surface area contributed by atoms with Crippen molar-refractivity contribution in [2.24, 2.45) is 0 Å². The van der Waals surface area contributed by atoms with Crippen LogP contribution in [-0.4, -0.2) is 41.1 Å². The fourth-order valence-electron chi connectivity index (χ4n) is 3.25. The molecular formula is C18H16N4O5S3. The minimum absolute atomic E-state index is 0.0496. The number of nitrogens with one attached hydrogen (secondary N) is 1. The lowest BCUT2D eigenvalue weighted by atomic mass is 10.1. The third-order valence-electron chi connectivity index (χ3n) is 4.65. The highest BCUT2D eigenvalue weighted by Crippen LogP contribution is 2.31. The first-order chi connectivity index (χ1) is 14.4. The molecule has 2 aromatic heterocycles. The summed E-state index contributed by atoms with van der Waals surface area (Å²) < 4.78 is 27.1. The predicted octanol–water partition coefficient (Wildman–Crippen LogP) is 3.57. The second-order valence-corrected chi connectivity index (χ2v) is 10.5. The molecule has 1 saturated heterocycles. The quantitative estimate of drug-likeness (QED) is 0.439. The number of rotatable bonds is 6. The molecule has 0 aliphatic carbocycles. The van der Waals surface area contributed by atoms with Gasteiger partial charge in [-0.25, -0.2) is 13.4 Å². The fraction of sp³-hybridized carbons (Fsp3) is 0.222. The molecule has 3 aromatic rings. The van der Waals surface area contributed by atoms with Crippen molar-refractivity contribution in [1.82, 2.24) is 9.29 Å². The molecule has 30 heavy (non-hydrogen) atoms. The molecule has 1 aromatic carbocycles. The first-order valence-corrected chi connectivity index (χ1v) is 12.1. The van der Waals surface area contributed by atoms with Gasteiger partial charge in [0.25, 0.3) is 15.7 Å². The number of nitro benzene ring substituents is 1. The second kappa shape index (κ2) is 8.22. The van der Waals surface area contributed by atoms with Crippen LogP contribution in [0, 0.1) is 10.1 Å². The van der Waals surface area contributed by atoms with Gasteiger partial charge >= 0.3 is 0 Å². The zero-order chi connectivity index (χ0) is 21.3. The van der Waals surface area contributed by atoms with Gasteiger partial charge in [0, 0.05) is 29.6 Å². The number of carbonyl (C=O) groups is 1. The molecule has 156 valence electrons. The van der Waals surface area contributed by atoms with E-state index in [2.05, 4.69) is 10.3 Å². The van der Waals surface area contributed by atoms with Crippen molar-refractivity contribution in [2.75, 3.05) is 11.9 Å². The highest BCUT2D eigenvalue weighted by molar-refractivity contribution is 7.91. The van der Waals surface area contributed by atoms with E-state index in [1.807, 2.05) is 0 Å². The molecule has 3 heterocycles. The Hall–Kier alpha value is -2.67. The van der Waals surface area contributed by atoms with Crippen molar-refractivity contribution < 1.29 is 18.1 Å². The average Bonchev–Trinajstić information content (AvgIpc) is 3.49.